The van der Waals surface area contributed by atoms with Crippen molar-refractivity contribution in [3.05, 3.63) is 0 Å². The van der Waals surface area contributed by atoms with Gasteiger partial charge in [-0.1, -0.05) is 0 Å². The molecule has 3 fully saturated rings. The van der Waals surface area contributed by atoms with Gasteiger partial charge in [0.05, 0.1) is 18.3 Å². The molecule has 0 saturated carbocycles. The lowest BCUT2D eigenvalue weighted by Gasteiger charge is -2.36. The van der Waals surface area contributed by atoms with Crippen LogP contribution in [0.15, 0.2) is 0 Å². The van der Waals surface area contributed by atoms with Crippen LogP contribution in [0, 0.1) is 0 Å². The summed E-state index contributed by atoms with van der Waals surface area (Å²) in [5.41, 5.74) is 0. The third-order valence-electron chi connectivity index (χ3n) is 4.53. The summed E-state index contributed by atoms with van der Waals surface area (Å²) in [7, 11) is 0. The number of hydrogen-bond donors (Lipinski definition) is 1. The molecule has 4 unspecified atom stereocenters. The van der Waals surface area contributed by atoms with Crippen molar-refractivity contribution in [3.63, 3.8) is 0 Å². The van der Waals surface area contributed by atoms with E-state index in [2.05, 4.69) is 17.1 Å². The molecule has 3 rings (SSSR count). The summed E-state index contributed by atoms with van der Waals surface area (Å²) in [5.74, 6) is 0. The molecule has 3 heterocycles. The summed E-state index contributed by atoms with van der Waals surface area (Å²) in [5, 5.41) is 3.57. The van der Waals surface area contributed by atoms with Crippen molar-refractivity contribution in [2.45, 2.75) is 57.0 Å². The van der Waals surface area contributed by atoms with Crippen molar-refractivity contribution in [2.75, 3.05) is 32.8 Å². The Morgan fingerprint density at radius 2 is 2.00 bits per heavy atom. The van der Waals surface area contributed by atoms with Gasteiger partial charge in [0, 0.05) is 38.8 Å². The molecule has 104 valence electrons. The maximum absolute atomic E-state index is 5.88. The van der Waals surface area contributed by atoms with Crippen LogP contribution < -0.4 is 5.32 Å². The standard InChI is InChI=1S/C14H26N2O2/c1-11(7-15-8-12-3-2-6-17-12)16-9-13-4-5-14(10-16)18-13/h11-15H,2-10H2,1H3. The van der Waals surface area contributed by atoms with Gasteiger partial charge in [0.2, 0.25) is 0 Å². The van der Waals surface area contributed by atoms with Crippen LogP contribution in [-0.4, -0.2) is 62.0 Å². The molecule has 0 amide bonds. The molecule has 0 aliphatic carbocycles. The summed E-state index contributed by atoms with van der Waals surface area (Å²) in [6.07, 6.45) is 6.44. The molecule has 4 heteroatoms. The molecule has 18 heavy (non-hydrogen) atoms. The van der Waals surface area contributed by atoms with E-state index in [1.807, 2.05) is 0 Å². The van der Waals surface area contributed by atoms with Crippen molar-refractivity contribution >= 4 is 0 Å². The van der Waals surface area contributed by atoms with Crippen LogP contribution in [0.3, 0.4) is 0 Å². The molecule has 0 radical (unpaired) electrons. The van der Waals surface area contributed by atoms with Crippen molar-refractivity contribution in [3.8, 4) is 0 Å². The van der Waals surface area contributed by atoms with Crippen molar-refractivity contribution in [2.24, 2.45) is 0 Å². The van der Waals surface area contributed by atoms with Gasteiger partial charge in [0.15, 0.2) is 0 Å². The van der Waals surface area contributed by atoms with Crippen LogP contribution in [0.4, 0.5) is 0 Å². The number of likely N-dealkylation sites (tertiary alicyclic amines) is 1. The molecule has 3 aliphatic heterocycles. The molecule has 1 N–H and O–H groups in total. The SMILES string of the molecule is CC(CNCC1CCCO1)N1CC2CCC(C1)O2. The van der Waals surface area contributed by atoms with Crippen LogP contribution in [0.2, 0.25) is 0 Å². The number of ether oxygens (including phenoxy) is 2. The number of fused-ring (bicyclic) bond motifs is 2. The van der Waals surface area contributed by atoms with Crippen LogP contribution in [0.1, 0.15) is 32.6 Å². The highest BCUT2D eigenvalue weighted by Crippen LogP contribution is 2.27. The maximum atomic E-state index is 5.88. The van der Waals surface area contributed by atoms with Gasteiger partial charge in [0.25, 0.3) is 0 Å². The van der Waals surface area contributed by atoms with Gasteiger partial charge < -0.3 is 14.8 Å². The fraction of sp³-hybridized carbons (Fsp3) is 1.00. The van der Waals surface area contributed by atoms with Gasteiger partial charge in [-0.05, 0) is 32.6 Å². The largest absolute Gasteiger partial charge is 0.377 e. The second-order valence-electron chi connectivity index (χ2n) is 6.05. The normalized spacial score (nSPS) is 38.2. The quantitative estimate of drug-likeness (QED) is 0.794. The molecule has 0 aromatic carbocycles. The van der Waals surface area contributed by atoms with Crippen molar-refractivity contribution < 1.29 is 9.47 Å². The van der Waals surface area contributed by atoms with E-state index in [9.17, 15) is 0 Å². The highest BCUT2D eigenvalue weighted by atomic mass is 16.5. The lowest BCUT2D eigenvalue weighted by molar-refractivity contribution is -0.0503. The van der Waals surface area contributed by atoms with E-state index in [-0.39, 0.29) is 0 Å². The predicted octanol–water partition coefficient (Wildman–Crippen LogP) is 1.01. The van der Waals surface area contributed by atoms with E-state index >= 15 is 0 Å². The van der Waals surface area contributed by atoms with Crippen molar-refractivity contribution in [1.82, 2.24) is 10.2 Å². The highest BCUT2D eigenvalue weighted by Gasteiger charge is 2.35. The molecule has 3 saturated heterocycles. The average molecular weight is 254 g/mol. The van der Waals surface area contributed by atoms with Gasteiger partial charge in [-0.25, -0.2) is 0 Å². The van der Waals surface area contributed by atoms with E-state index in [4.69, 9.17) is 9.47 Å². The Hall–Kier alpha value is -0.160. The van der Waals surface area contributed by atoms with E-state index in [1.54, 1.807) is 0 Å². The van der Waals surface area contributed by atoms with Crippen LogP contribution in [0.5, 0.6) is 0 Å². The van der Waals surface area contributed by atoms with Crippen LogP contribution in [0.25, 0.3) is 0 Å². The first-order valence-corrected chi connectivity index (χ1v) is 7.53. The topological polar surface area (TPSA) is 33.7 Å². The van der Waals surface area contributed by atoms with Crippen molar-refractivity contribution in [1.29, 1.82) is 0 Å². The monoisotopic (exact) mass is 254 g/mol. The number of morpholine rings is 1. The smallest absolute Gasteiger partial charge is 0.0707 e. The average Bonchev–Trinajstić information content (AvgIpc) is 2.99. The zero-order valence-electron chi connectivity index (χ0n) is 11.4. The molecule has 2 bridgehead atoms. The van der Waals surface area contributed by atoms with Gasteiger partial charge in [-0.3, -0.25) is 4.90 Å². The summed E-state index contributed by atoms with van der Waals surface area (Å²) in [6.45, 7) is 7.61. The first kappa shape index (κ1) is 12.9. The summed E-state index contributed by atoms with van der Waals surface area (Å²) in [6, 6.07) is 0.610. The molecular weight excluding hydrogens is 228 g/mol. The fourth-order valence-corrected chi connectivity index (χ4v) is 3.39. The third-order valence-corrected chi connectivity index (χ3v) is 4.53. The number of hydrogen-bond acceptors (Lipinski definition) is 4. The van der Waals surface area contributed by atoms with Gasteiger partial charge >= 0.3 is 0 Å². The Bertz CT molecular complexity index is 257. The number of rotatable bonds is 5. The number of nitrogens with one attached hydrogen (secondary N) is 1. The highest BCUT2D eigenvalue weighted by molar-refractivity contribution is 4.87. The molecule has 0 aromatic rings. The molecule has 4 atom stereocenters. The third kappa shape index (κ3) is 3.05. The zero-order valence-corrected chi connectivity index (χ0v) is 11.4. The van der Waals surface area contributed by atoms with E-state index < -0.39 is 0 Å². The minimum atomic E-state index is 0.457. The van der Waals surface area contributed by atoms with E-state index in [0.717, 1.165) is 32.8 Å². The molecule has 3 aliphatic rings. The predicted molar refractivity (Wildman–Crippen MR) is 70.8 cm³/mol. The van der Waals surface area contributed by atoms with Gasteiger partial charge in [-0.2, -0.15) is 0 Å². The summed E-state index contributed by atoms with van der Waals surface area (Å²) < 4.78 is 11.5. The molecule has 0 spiro atoms. The Kier molecular flexibility index (Phi) is 4.19. The van der Waals surface area contributed by atoms with Gasteiger partial charge in [-0.15, -0.1) is 0 Å². The summed E-state index contributed by atoms with van der Waals surface area (Å²) >= 11 is 0. The van der Waals surface area contributed by atoms with Crippen LogP contribution in [-0.2, 0) is 9.47 Å². The first-order valence-electron chi connectivity index (χ1n) is 7.53. The lowest BCUT2D eigenvalue weighted by atomic mass is 10.2. The summed E-state index contributed by atoms with van der Waals surface area (Å²) in [4.78, 5) is 2.59. The first-order chi connectivity index (χ1) is 8.81. The van der Waals surface area contributed by atoms with Gasteiger partial charge in [0.1, 0.15) is 0 Å². The Balaban J connectivity index is 1.37. The zero-order chi connectivity index (χ0) is 12.4. The Morgan fingerprint density at radius 3 is 2.67 bits per heavy atom. The second-order valence-corrected chi connectivity index (χ2v) is 6.05. The minimum Gasteiger partial charge on any atom is -0.377 e. The molecule has 0 aromatic heterocycles. The lowest BCUT2D eigenvalue weighted by Crippen LogP contribution is -2.50. The second kappa shape index (κ2) is 5.87. The van der Waals surface area contributed by atoms with Crippen LogP contribution >= 0.6 is 0 Å². The van der Waals surface area contributed by atoms with E-state index in [0.29, 0.717) is 24.4 Å². The molecular formula is C14H26N2O2. The fourth-order valence-electron chi connectivity index (χ4n) is 3.39. The number of nitrogens with zero attached hydrogens (tertiary/aromatic N) is 1. The Morgan fingerprint density at radius 1 is 1.22 bits per heavy atom. The van der Waals surface area contributed by atoms with E-state index in [1.165, 1.54) is 25.7 Å². The maximum Gasteiger partial charge on any atom is 0.0707 e. The Labute approximate surface area is 110 Å². The molecule has 4 nitrogen and oxygen atoms in total. The minimum absolute atomic E-state index is 0.457.